The Labute approximate surface area is 97.0 Å². The number of aromatic nitrogens is 3. The van der Waals surface area contributed by atoms with E-state index in [-0.39, 0.29) is 0 Å². The number of hydrogen-bond acceptors (Lipinski definition) is 8. The molecule has 0 fully saturated rings. The molecule has 3 N–H and O–H groups in total. The highest BCUT2D eigenvalue weighted by molar-refractivity contribution is 7.98. The number of fused-ring (bicyclic) bond motifs is 1. The zero-order valence-corrected chi connectivity index (χ0v) is 9.78. The molecule has 88 valence electrons. The molecule has 8 heteroatoms. The minimum absolute atomic E-state index is 0.488. The van der Waals surface area contributed by atoms with E-state index < -0.39 is 12.5 Å². The number of ether oxygens (including phenoxy) is 1. The molecular formula is C8H13N5O2S. The lowest BCUT2D eigenvalue weighted by Crippen LogP contribution is -2.45. The van der Waals surface area contributed by atoms with Gasteiger partial charge in [0.2, 0.25) is 5.16 Å². The van der Waals surface area contributed by atoms with Gasteiger partial charge < -0.3 is 20.5 Å². The van der Waals surface area contributed by atoms with Crippen LogP contribution in [0, 0.1) is 0 Å². The largest absolute Gasteiger partial charge is 0.369 e. The Morgan fingerprint density at radius 3 is 2.88 bits per heavy atom. The van der Waals surface area contributed by atoms with Crippen LogP contribution in [-0.4, -0.2) is 45.6 Å². The summed E-state index contributed by atoms with van der Waals surface area (Å²) in [6, 6.07) is 0. The van der Waals surface area contributed by atoms with E-state index in [0.29, 0.717) is 23.4 Å². The summed E-state index contributed by atoms with van der Waals surface area (Å²) in [6.45, 7) is 2.35. The number of aliphatic hydroxyl groups excluding tert-OH is 1. The van der Waals surface area contributed by atoms with Crippen molar-refractivity contribution in [2.75, 3.05) is 23.5 Å². The SMILES string of the molecule is CCOC1Nc2nnc(SC)nc2NC1O. The van der Waals surface area contributed by atoms with Crippen molar-refractivity contribution in [3.05, 3.63) is 0 Å². The summed E-state index contributed by atoms with van der Waals surface area (Å²) < 4.78 is 5.28. The lowest BCUT2D eigenvalue weighted by Gasteiger charge is -2.30. The number of hydrogen-bond donors (Lipinski definition) is 3. The Kier molecular flexibility index (Phi) is 3.42. The van der Waals surface area contributed by atoms with Crippen LogP contribution in [0.1, 0.15) is 6.92 Å². The van der Waals surface area contributed by atoms with Crippen molar-refractivity contribution >= 4 is 23.4 Å². The number of anilines is 2. The smallest absolute Gasteiger partial charge is 0.210 e. The fourth-order valence-corrected chi connectivity index (χ4v) is 1.64. The summed E-state index contributed by atoms with van der Waals surface area (Å²) >= 11 is 1.39. The molecule has 16 heavy (non-hydrogen) atoms. The highest BCUT2D eigenvalue weighted by Gasteiger charge is 2.28. The number of thioether (sulfide) groups is 1. The molecule has 0 aromatic carbocycles. The van der Waals surface area contributed by atoms with Crippen molar-refractivity contribution in [1.82, 2.24) is 15.2 Å². The van der Waals surface area contributed by atoms with Gasteiger partial charge in [-0.25, -0.2) is 0 Å². The van der Waals surface area contributed by atoms with Crippen LogP contribution >= 0.6 is 11.8 Å². The second-order valence-electron chi connectivity index (χ2n) is 3.11. The summed E-state index contributed by atoms with van der Waals surface area (Å²) in [5.74, 6) is 0.976. The minimum atomic E-state index is -0.848. The molecule has 0 radical (unpaired) electrons. The number of aliphatic hydroxyl groups is 1. The first-order valence-electron chi connectivity index (χ1n) is 4.86. The minimum Gasteiger partial charge on any atom is -0.369 e. The van der Waals surface area contributed by atoms with Crippen LogP contribution in [0.2, 0.25) is 0 Å². The van der Waals surface area contributed by atoms with Crippen LogP contribution in [0.4, 0.5) is 11.6 Å². The Hall–Kier alpha value is -1.12. The monoisotopic (exact) mass is 243 g/mol. The second-order valence-corrected chi connectivity index (χ2v) is 3.88. The Balaban J connectivity index is 2.20. The third-order valence-corrected chi connectivity index (χ3v) is 2.58. The van der Waals surface area contributed by atoms with Crippen molar-refractivity contribution in [2.45, 2.75) is 24.5 Å². The van der Waals surface area contributed by atoms with Crippen molar-refractivity contribution in [2.24, 2.45) is 0 Å². The molecule has 1 aliphatic rings. The van der Waals surface area contributed by atoms with Crippen LogP contribution in [0.3, 0.4) is 0 Å². The van der Waals surface area contributed by atoms with Gasteiger partial charge in [0, 0.05) is 6.61 Å². The number of nitrogens with zero attached hydrogens (tertiary/aromatic N) is 3. The van der Waals surface area contributed by atoms with Gasteiger partial charge in [-0.05, 0) is 13.2 Å². The zero-order chi connectivity index (χ0) is 11.5. The lowest BCUT2D eigenvalue weighted by atomic mass is 10.3. The molecule has 2 atom stereocenters. The normalized spacial score (nSPS) is 23.2. The van der Waals surface area contributed by atoms with Crippen LogP contribution in [0.25, 0.3) is 0 Å². The standard InChI is InChI=1S/C8H13N5O2S/c1-3-15-7-6(14)9-4-5(10-7)12-13-8(11-4)16-2/h6-7,14H,3H2,1-2H3,(H,10,12)(H,9,11,13). The number of nitrogens with one attached hydrogen (secondary N) is 2. The highest BCUT2D eigenvalue weighted by Crippen LogP contribution is 2.24. The molecule has 0 aliphatic carbocycles. The van der Waals surface area contributed by atoms with E-state index in [1.807, 2.05) is 13.2 Å². The third kappa shape index (κ3) is 2.18. The Bertz CT molecular complexity index is 377. The van der Waals surface area contributed by atoms with Gasteiger partial charge in [0.1, 0.15) is 0 Å². The van der Waals surface area contributed by atoms with Gasteiger partial charge in [-0.1, -0.05) is 11.8 Å². The van der Waals surface area contributed by atoms with Crippen LogP contribution in [-0.2, 0) is 4.74 Å². The molecule has 0 saturated carbocycles. The fourth-order valence-electron chi connectivity index (χ4n) is 1.34. The number of rotatable bonds is 3. The molecule has 1 aromatic heterocycles. The van der Waals surface area contributed by atoms with Gasteiger partial charge in [-0.15, -0.1) is 10.2 Å². The average molecular weight is 243 g/mol. The molecule has 0 spiro atoms. The van der Waals surface area contributed by atoms with Gasteiger partial charge in [-0.2, -0.15) is 4.98 Å². The molecular weight excluding hydrogens is 230 g/mol. The maximum atomic E-state index is 9.72. The Morgan fingerprint density at radius 1 is 1.38 bits per heavy atom. The second kappa shape index (κ2) is 4.81. The predicted octanol–water partition coefficient (Wildman–Crippen LogP) is 0.112. The van der Waals surface area contributed by atoms with E-state index in [9.17, 15) is 5.11 Å². The van der Waals surface area contributed by atoms with Crippen LogP contribution < -0.4 is 10.6 Å². The van der Waals surface area contributed by atoms with Crippen LogP contribution in [0.5, 0.6) is 0 Å². The summed E-state index contributed by atoms with van der Waals surface area (Å²) in [6.07, 6.45) is 0.478. The third-order valence-electron chi connectivity index (χ3n) is 2.05. The highest BCUT2D eigenvalue weighted by atomic mass is 32.2. The first-order chi connectivity index (χ1) is 7.74. The van der Waals surface area contributed by atoms with Gasteiger partial charge in [-0.3, -0.25) is 0 Å². The first-order valence-corrected chi connectivity index (χ1v) is 6.08. The van der Waals surface area contributed by atoms with Crippen molar-refractivity contribution < 1.29 is 9.84 Å². The van der Waals surface area contributed by atoms with E-state index in [0.717, 1.165) is 0 Å². The summed E-state index contributed by atoms with van der Waals surface area (Å²) in [7, 11) is 0. The van der Waals surface area contributed by atoms with Gasteiger partial charge in [0.25, 0.3) is 0 Å². The predicted molar refractivity (Wildman–Crippen MR) is 60.3 cm³/mol. The quantitative estimate of drug-likeness (QED) is 0.644. The molecule has 0 saturated heterocycles. The van der Waals surface area contributed by atoms with Crippen molar-refractivity contribution in [1.29, 1.82) is 0 Å². The molecule has 0 amide bonds. The van der Waals surface area contributed by atoms with E-state index >= 15 is 0 Å². The summed E-state index contributed by atoms with van der Waals surface area (Å²) in [5, 5.41) is 23.8. The van der Waals surface area contributed by atoms with Crippen LogP contribution in [0.15, 0.2) is 5.16 Å². The lowest BCUT2D eigenvalue weighted by molar-refractivity contribution is -0.00568. The molecule has 2 rings (SSSR count). The molecule has 0 bridgehead atoms. The van der Waals surface area contributed by atoms with E-state index in [1.54, 1.807) is 0 Å². The first kappa shape index (κ1) is 11.4. The van der Waals surface area contributed by atoms with E-state index in [2.05, 4.69) is 25.8 Å². The topological polar surface area (TPSA) is 92.2 Å². The molecule has 2 heterocycles. The summed E-state index contributed by atoms with van der Waals surface area (Å²) in [4.78, 5) is 4.18. The van der Waals surface area contributed by atoms with Crippen molar-refractivity contribution in [3.63, 3.8) is 0 Å². The zero-order valence-electron chi connectivity index (χ0n) is 8.97. The molecule has 2 unspecified atom stereocenters. The average Bonchev–Trinajstić information content (AvgIpc) is 2.30. The summed E-state index contributed by atoms with van der Waals surface area (Å²) in [5.41, 5.74) is 0. The molecule has 7 nitrogen and oxygen atoms in total. The van der Waals surface area contributed by atoms with E-state index in [1.165, 1.54) is 11.8 Å². The van der Waals surface area contributed by atoms with E-state index in [4.69, 9.17) is 4.74 Å². The van der Waals surface area contributed by atoms with Crippen molar-refractivity contribution in [3.8, 4) is 0 Å². The maximum absolute atomic E-state index is 9.72. The van der Waals surface area contributed by atoms with Gasteiger partial charge >= 0.3 is 0 Å². The molecule has 1 aliphatic heterocycles. The van der Waals surface area contributed by atoms with Gasteiger partial charge in [0.15, 0.2) is 24.1 Å². The fraction of sp³-hybridized carbons (Fsp3) is 0.625. The maximum Gasteiger partial charge on any atom is 0.210 e. The molecule has 1 aromatic rings. The van der Waals surface area contributed by atoms with Gasteiger partial charge in [0.05, 0.1) is 0 Å². The Morgan fingerprint density at radius 2 is 2.19 bits per heavy atom.